The van der Waals surface area contributed by atoms with Crippen molar-refractivity contribution >= 4 is 39.1 Å². The van der Waals surface area contributed by atoms with Gasteiger partial charge in [0, 0.05) is 18.1 Å². The monoisotopic (exact) mass is 493 g/mol. The van der Waals surface area contributed by atoms with Crippen molar-refractivity contribution in [3.05, 3.63) is 64.2 Å². The predicted molar refractivity (Wildman–Crippen MR) is 133 cm³/mol. The summed E-state index contributed by atoms with van der Waals surface area (Å²) in [6, 6.07) is 11.7. The van der Waals surface area contributed by atoms with E-state index in [1.54, 1.807) is 43.3 Å². The molecule has 2 aromatic carbocycles. The van der Waals surface area contributed by atoms with Crippen LogP contribution in [0.3, 0.4) is 0 Å². The van der Waals surface area contributed by atoms with Gasteiger partial charge in [-0.05, 0) is 62.1 Å². The maximum atomic E-state index is 13.6. The third-order valence-corrected chi connectivity index (χ3v) is 6.72. The van der Waals surface area contributed by atoms with Crippen LogP contribution < -0.4 is 9.62 Å². The van der Waals surface area contributed by atoms with E-state index in [2.05, 4.69) is 5.32 Å². The quantitative estimate of drug-likeness (QED) is 0.547. The molecule has 0 fully saturated rings. The van der Waals surface area contributed by atoms with E-state index in [4.69, 9.17) is 11.6 Å². The molecule has 1 atom stereocenters. The second-order valence-electron chi connectivity index (χ2n) is 8.05. The van der Waals surface area contributed by atoms with Gasteiger partial charge in [0.15, 0.2) is 0 Å². The Balaban J connectivity index is 2.48. The average Bonchev–Trinajstić information content (AvgIpc) is 2.71. The molecule has 0 aliphatic heterocycles. The first-order valence-electron chi connectivity index (χ1n) is 10.8. The molecule has 0 saturated heterocycles. The zero-order valence-corrected chi connectivity index (χ0v) is 21.3. The number of nitrogens with zero attached hydrogens (tertiary/aromatic N) is 2. The molecule has 2 amide bonds. The number of carbonyl (C=O) groups excluding carboxylic acids is 2. The van der Waals surface area contributed by atoms with E-state index >= 15 is 0 Å². The van der Waals surface area contributed by atoms with Crippen LogP contribution in [-0.2, 0) is 26.2 Å². The molecular weight excluding hydrogens is 462 g/mol. The van der Waals surface area contributed by atoms with Crippen LogP contribution in [0.4, 0.5) is 5.69 Å². The molecule has 9 heteroatoms. The molecule has 0 bridgehead atoms. The molecule has 1 unspecified atom stereocenters. The third-order valence-electron chi connectivity index (χ3n) is 5.21. The number of benzene rings is 2. The lowest BCUT2D eigenvalue weighted by Gasteiger charge is -2.33. The van der Waals surface area contributed by atoms with Crippen LogP contribution >= 0.6 is 11.6 Å². The van der Waals surface area contributed by atoms with Crippen LogP contribution in [0.5, 0.6) is 0 Å². The Morgan fingerprint density at radius 1 is 1.06 bits per heavy atom. The number of halogens is 1. The highest BCUT2D eigenvalue weighted by atomic mass is 35.5. The van der Waals surface area contributed by atoms with Crippen LogP contribution in [0.25, 0.3) is 0 Å². The SMILES string of the molecule is CCNC(=O)C(CC)N(Cc1ccccc1Cl)C(=O)CN(c1cc(C)cc(C)c1)S(C)(=O)=O. The topological polar surface area (TPSA) is 86.8 Å². The first-order chi connectivity index (χ1) is 15.5. The Morgan fingerprint density at radius 3 is 2.18 bits per heavy atom. The predicted octanol–water partition coefficient (Wildman–Crippen LogP) is 3.67. The van der Waals surface area contributed by atoms with Gasteiger partial charge in [-0.25, -0.2) is 8.42 Å². The van der Waals surface area contributed by atoms with Gasteiger partial charge in [-0.3, -0.25) is 13.9 Å². The first-order valence-corrected chi connectivity index (χ1v) is 13.1. The number of hydrogen-bond acceptors (Lipinski definition) is 4. The van der Waals surface area contributed by atoms with Crippen molar-refractivity contribution < 1.29 is 18.0 Å². The molecule has 0 aliphatic rings. The van der Waals surface area contributed by atoms with Crippen molar-refractivity contribution in [2.24, 2.45) is 0 Å². The lowest BCUT2D eigenvalue weighted by molar-refractivity contribution is -0.140. The summed E-state index contributed by atoms with van der Waals surface area (Å²) in [6.45, 7) is 7.42. The molecule has 2 aromatic rings. The summed E-state index contributed by atoms with van der Waals surface area (Å²) in [5.41, 5.74) is 2.85. The Labute approximate surface area is 201 Å². The van der Waals surface area contributed by atoms with Crippen molar-refractivity contribution in [1.82, 2.24) is 10.2 Å². The summed E-state index contributed by atoms with van der Waals surface area (Å²) in [7, 11) is -3.76. The highest BCUT2D eigenvalue weighted by molar-refractivity contribution is 7.92. The number of rotatable bonds is 10. The van der Waals surface area contributed by atoms with Crippen LogP contribution in [0.1, 0.15) is 37.0 Å². The number of amides is 2. The summed E-state index contributed by atoms with van der Waals surface area (Å²) in [5, 5.41) is 3.23. The van der Waals surface area contributed by atoms with Gasteiger partial charge in [-0.2, -0.15) is 0 Å². The van der Waals surface area contributed by atoms with Gasteiger partial charge in [0.2, 0.25) is 21.8 Å². The zero-order chi connectivity index (χ0) is 24.8. The van der Waals surface area contributed by atoms with Crippen LogP contribution in [-0.4, -0.2) is 50.5 Å². The number of anilines is 1. The third kappa shape index (κ3) is 7.20. The maximum Gasteiger partial charge on any atom is 0.244 e. The number of aryl methyl sites for hydroxylation is 2. The molecule has 0 saturated carbocycles. The van der Waals surface area contributed by atoms with Crippen molar-refractivity contribution in [2.75, 3.05) is 23.7 Å². The Hall–Kier alpha value is -2.58. The molecule has 1 N–H and O–H groups in total. The highest BCUT2D eigenvalue weighted by Crippen LogP contribution is 2.24. The minimum Gasteiger partial charge on any atom is -0.355 e. The van der Waals surface area contributed by atoms with Crippen LogP contribution in [0.15, 0.2) is 42.5 Å². The molecule has 0 spiro atoms. The largest absolute Gasteiger partial charge is 0.355 e. The molecule has 180 valence electrons. The molecule has 0 heterocycles. The lowest BCUT2D eigenvalue weighted by Crippen LogP contribution is -2.52. The van der Waals surface area contributed by atoms with E-state index in [0.717, 1.165) is 21.7 Å². The smallest absolute Gasteiger partial charge is 0.244 e. The minimum atomic E-state index is -3.76. The van der Waals surface area contributed by atoms with Crippen molar-refractivity contribution in [1.29, 1.82) is 0 Å². The van der Waals surface area contributed by atoms with E-state index in [1.165, 1.54) is 4.90 Å². The summed E-state index contributed by atoms with van der Waals surface area (Å²) in [6.07, 6.45) is 1.43. The van der Waals surface area contributed by atoms with Gasteiger partial charge in [0.25, 0.3) is 0 Å². The van der Waals surface area contributed by atoms with Crippen LogP contribution in [0.2, 0.25) is 5.02 Å². The molecule has 0 aliphatic carbocycles. The van der Waals surface area contributed by atoms with Crippen molar-refractivity contribution in [2.45, 2.75) is 46.7 Å². The van der Waals surface area contributed by atoms with E-state index in [0.29, 0.717) is 29.2 Å². The Morgan fingerprint density at radius 2 is 1.67 bits per heavy atom. The van der Waals surface area contributed by atoms with E-state index < -0.39 is 28.5 Å². The number of hydrogen-bond donors (Lipinski definition) is 1. The number of nitrogens with one attached hydrogen (secondary N) is 1. The van der Waals surface area contributed by atoms with Crippen LogP contribution in [0, 0.1) is 13.8 Å². The molecule has 33 heavy (non-hydrogen) atoms. The maximum absolute atomic E-state index is 13.6. The van der Waals surface area contributed by atoms with Crippen molar-refractivity contribution in [3.8, 4) is 0 Å². The van der Waals surface area contributed by atoms with E-state index in [1.807, 2.05) is 26.8 Å². The summed E-state index contributed by atoms with van der Waals surface area (Å²) in [4.78, 5) is 27.7. The average molecular weight is 494 g/mol. The minimum absolute atomic E-state index is 0.0819. The molecule has 7 nitrogen and oxygen atoms in total. The fourth-order valence-electron chi connectivity index (χ4n) is 3.73. The molecule has 0 radical (unpaired) electrons. The molecular formula is C24H32ClN3O4S. The van der Waals surface area contributed by atoms with Gasteiger partial charge in [-0.15, -0.1) is 0 Å². The summed E-state index contributed by atoms with van der Waals surface area (Å²) < 4.78 is 26.4. The van der Waals surface area contributed by atoms with E-state index in [-0.39, 0.29) is 12.5 Å². The normalized spacial score (nSPS) is 12.2. The van der Waals surface area contributed by atoms with Gasteiger partial charge in [0.1, 0.15) is 12.6 Å². The second-order valence-corrected chi connectivity index (χ2v) is 10.4. The first kappa shape index (κ1) is 26.7. The number of likely N-dealkylation sites (N-methyl/N-ethyl adjacent to an activating group) is 1. The summed E-state index contributed by atoms with van der Waals surface area (Å²) in [5.74, 6) is -0.782. The standard InChI is InChI=1S/C24H32ClN3O4S/c1-6-22(24(30)26-7-2)27(15-19-10-8-9-11-21(19)25)23(29)16-28(33(5,31)32)20-13-17(3)12-18(4)14-20/h8-14,22H,6-7,15-16H2,1-5H3,(H,26,30). The van der Waals surface area contributed by atoms with Gasteiger partial charge >= 0.3 is 0 Å². The highest BCUT2D eigenvalue weighted by Gasteiger charge is 2.32. The fourth-order valence-corrected chi connectivity index (χ4v) is 4.76. The zero-order valence-electron chi connectivity index (χ0n) is 19.8. The number of sulfonamides is 1. The van der Waals surface area contributed by atoms with Crippen molar-refractivity contribution in [3.63, 3.8) is 0 Å². The van der Waals surface area contributed by atoms with Gasteiger partial charge < -0.3 is 10.2 Å². The van der Waals surface area contributed by atoms with Gasteiger partial charge in [-0.1, -0.05) is 42.8 Å². The summed E-state index contributed by atoms with van der Waals surface area (Å²) >= 11 is 6.33. The second kappa shape index (κ2) is 11.5. The lowest BCUT2D eigenvalue weighted by atomic mass is 10.1. The number of carbonyl (C=O) groups is 2. The Bertz CT molecular complexity index is 1080. The molecule has 0 aromatic heterocycles. The van der Waals surface area contributed by atoms with Gasteiger partial charge in [0.05, 0.1) is 11.9 Å². The van der Waals surface area contributed by atoms with E-state index in [9.17, 15) is 18.0 Å². The Kier molecular flexibility index (Phi) is 9.31. The molecule has 2 rings (SSSR count). The fraction of sp³-hybridized carbons (Fsp3) is 0.417.